The van der Waals surface area contributed by atoms with Crippen LogP contribution in [0.2, 0.25) is 0 Å². The second-order valence-corrected chi connectivity index (χ2v) is 8.91. The monoisotopic (exact) mass is 334 g/mol. The van der Waals surface area contributed by atoms with Crippen LogP contribution in [0.3, 0.4) is 0 Å². The summed E-state index contributed by atoms with van der Waals surface area (Å²) in [6.45, 7) is 1.69. The Morgan fingerprint density at radius 2 is 2.17 bits per heavy atom. The number of nitrogens with zero attached hydrogens (tertiary/aromatic N) is 2. The van der Waals surface area contributed by atoms with Crippen LogP contribution in [-0.2, 0) is 4.79 Å². The molecule has 2 N–H and O–H groups in total. The third-order valence-corrected chi connectivity index (χ3v) is 7.60. The van der Waals surface area contributed by atoms with E-state index in [9.17, 15) is 4.79 Å². The van der Waals surface area contributed by atoms with Crippen molar-refractivity contribution in [2.75, 3.05) is 18.8 Å². The van der Waals surface area contributed by atoms with E-state index >= 15 is 0 Å². The van der Waals surface area contributed by atoms with Crippen molar-refractivity contribution in [1.29, 1.82) is 5.26 Å². The summed E-state index contributed by atoms with van der Waals surface area (Å²) in [4.78, 5) is 14.8. The van der Waals surface area contributed by atoms with Gasteiger partial charge >= 0.3 is 0 Å². The summed E-state index contributed by atoms with van der Waals surface area (Å²) in [6.07, 6.45) is 10.9. The lowest BCUT2D eigenvalue weighted by atomic mass is 9.84. The van der Waals surface area contributed by atoms with E-state index in [1.54, 1.807) is 11.8 Å². The molecule has 6 heteroatoms. The summed E-state index contributed by atoms with van der Waals surface area (Å²) in [5.41, 5.74) is 0.192. The fourth-order valence-corrected chi connectivity index (χ4v) is 6.10. The van der Waals surface area contributed by atoms with E-state index in [-0.39, 0.29) is 16.7 Å². The average Bonchev–Trinajstić information content (AvgIpc) is 2.98. The third kappa shape index (κ3) is 2.94. The van der Waals surface area contributed by atoms with Gasteiger partial charge in [-0.1, -0.05) is 19.3 Å². The highest BCUT2D eigenvalue weighted by Gasteiger charge is 2.58. The molecule has 1 amide bonds. The molecular formula is C17H26N4OS. The molecule has 4 atom stereocenters. The van der Waals surface area contributed by atoms with Gasteiger partial charge in [-0.15, -0.1) is 11.8 Å². The molecule has 0 aromatic carbocycles. The number of thioether (sulfide) groups is 1. The van der Waals surface area contributed by atoms with Gasteiger partial charge in [0.05, 0.1) is 0 Å². The van der Waals surface area contributed by atoms with Gasteiger partial charge in [0.15, 0.2) is 6.19 Å². The lowest BCUT2D eigenvalue weighted by Gasteiger charge is -2.28. The van der Waals surface area contributed by atoms with E-state index in [2.05, 4.69) is 16.8 Å². The molecule has 1 spiro atoms. The van der Waals surface area contributed by atoms with Crippen LogP contribution in [0.1, 0.15) is 44.9 Å². The predicted octanol–water partition coefficient (Wildman–Crippen LogP) is 1.66. The minimum absolute atomic E-state index is 0.0433. The quantitative estimate of drug-likeness (QED) is 0.607. The number of rotatable bonds is 3. The summed E-state index contributed by atoms with van der Waals surface area (Å²) in [6, 6.07) is 0.823. The molecule has 4 aliphatic rings. The highest BCUT2D eigenvalue weighted by molar-refractivity contribution is 8.00. The van der Waals surface area contributed by atoms with Gasteiger partial charge in [-0.05, 0) is 31.6 Å². The first kappa shape index (κ1) is 15.6. The topological polar surface area (TPSA) is 68.2 Å². The largest absolute Gasteiger partial charge is 0.340 e. The number of carbonyl (C=O) groups excluding carboxylic acids is 1. The van der Waals surface area contributed by atoms with Crippen LogP contribution in [0.25, 0.3) is 0 Å². The van der Waals surface area contributed by atoms with Crippen LogP contribution >= 0.6 is 11.8 Å². The van der Waals surface area contributed by atoms with Crippen LogP contribution in [0, 0.1) is 22.8 Å². The van der Waals surface area contributed by atoms with Crippen LogP contribution in [0.5, 0.6) is 0 Å². The molecule has 4 rings (SSSR count). The Labute approximate surface area is 142 Å². The van der Waals surface area contributed by atoms with Gasteiger partial charge in [0.25, 0.3) is 0 Å². The third-order valence-electron chi connectivity index (χ3n) is 6.38. The first-order valence-electron chi connectivity index (χ1n) is 9.03. The van der Waals surface area contributed by atoms with Crippen LogP contribution in [-0.4, -0.2) is 47.1 Å². The Kier molecular flexibility index (Phi) is 4.19. The van der Waals surface area contributed by atoms with Crippen molar-refractivity contribution < 1.29 is 4.79 Å². The van der Waals surface area contributed by atoms with E-state index in [0.29, 0.717) is 12.1 Å². The molecule has 0 aromatic heterocycles. The first-order chi connectivity index (χ1) is 11.2. The number of hydrogen-bond donors (Lipinski definition) is 2. The summed E-state index contributed by atoms with van der Waals surface area (Å²) in [5.74, 6) is 2.12. The molecule has 2 heterocycles. The fraction of sp³-hybridized carbons (Fsp3) is 0.882. The second kappa shape index (κ2) is 6.18. The molecule has 4 fully saturated rings. The minimum atomic E-state index is -0.0433. The Morgan fingerprint density at radius 1 is 1.35 bits per heavy atom. The van der Waals surface area contributed by atoms with Crippen LogP contribution < -0.4 is 10.6 Å². The summed E-state index contributed by atoms with van der Waals surface area (Å²) in [5, 5.41) is 15.2. The maximum absolute atomic E-state index is 12.8. The van der Waals surface area contributed by atoms with Gasteiger partial charge in [0.2, 0.25) is 5.91 Å². The second-order valence-electron chi connectivity index (χ2n) is 7.77. The molecule has 23 heavy (non-hydrogen) atoms. The van der Waals surface area contributed by atoms with Crippen LogP contribution in [0.4, 0.5) is 0 Å². The number of hydrogen-bond acceptors (Lipinski definition) is 5. The smallest absolute Gasteiger partial charge is 0.250 e. The molecule has 0 bridgehead atoms. The summed E-state index contributed by atoms with van der Waals surface area (Å²) < 4.78 is 0. The van der Waals surface area contributed by atoms with Gasteiger partial charge < -0.3 is 10.2 Å². The van der Waals surface area contributed by atoms with Crippen LogP contribution in [0.15, 0.2) is 0 Å². The van der Waals surface area contributed by atoms with Gasteiger partial charge in [-0.2, -0.15) is 5.26 Å². The van der Waals surface area contributed by atoms with Crippen molar-refractivity contribution in [3.05, 3.63) is 0 Å². The predicted molar refractivity (Wildman–Crippen MR) is 90.5 cm³/mol. The van der Waals surface area contributed by atoms with E-state index < -0.39 is 0 Å². The average molecular weight is 334 g/mol. The van der Waals surface area contributed by atoms with Crippen molar-refractivity contribution in [1.82, 2.24) is 15.5 Å². The molecule has 2 aliphatic carbocycles. The van der Waals surface area contributed by atoms with Gasteiger partial charge in [-0.3, -0.25) is 10.1 Å². The Morgan fingerprint density at radius 3 is 2.96 bits per heavy atom. The zero-order chi connectivity index (χ0) is 15.9. The van der Waals surface area contributed by atoms with Crippen molar-refractivity contribution in [3.8, 4) is 6.19 Å². The Bertz CT molecular complexity index is 515. The number of likely N-dealkylation sites (tertiary alicyclic amines) is 1. The fourth-order valence-electron chi connectivity index (χ4n) is 4.77. The van der Waals surface area contributed by atoms with Crippen molar-refractivity contribution >= 4 is 17.7 Å². The Balaban J connectivity index is 1.30. The molecule has 2 aliphatic heterocycles. The lowest BCUT2D eigenvalue weighted by Crippen LogP contribution is -2.45. The molecule has 2 saturated carbocycles. The van der Waals surface area contributed by atoms with E-state index in [1.807, 2.05) is 4.90 Å². The lowest BCUT2D eigenvalue weighted by molar-refractivity contribution is -0.130. The van der Waals surface area contributed by atoms with Gasteiger partial charge in [0.1, 0.15) is 5.37 Å². The zero-order valence-corrected chi connectivity index (χ0v) is 14.4. The minimum Gasteiger partial charge on any atom is -0.340 e. The number of amides is 1. The van der Waals surface area contributed by atoms with E-state index in [0.717, 1.165) is 37.6 Å². The molecule has 0 aromatic rings. The van der Waals surface area contributed by atoms with E-state index in [1.165, 1.54) is 32.1 Å². The molecule has 126 valence electrons. The molecular weight excluding hydrogens is 308 g/mol. The Hall–Kier alpha value is -0.930. The molecule has 0 radical (unpaired) electrons. The molecule has 2 saturated heterocycles. The molecule has 5 nitrogen and oxygen atoms in total. The maximum atomic E-state index is 12.8. The zero-order valence-electron chi connectivity index (χ0n) is 13.6. The summed E-state index contributed by atoms with van der Waals surface area (Å²) in [7, 11) is 0. The first-order valence-corrected chi connectivity index (χ1v) is 10.1. The summed E-state index contributed by atoms with van der Waals surface area (Å²) >= 11 is 1.80. The van der Waals surface area contributed by atoms with Gasteiger partial charge in [0, 0.05) is 36.3 Å². The normalized spacial score (nSPS) is 40.3. The molecule has 3 unspecified atom stereocenters. The highest BCUT2D eigenvalue weighted by atomic mass is 32.2. The number of carbonyl (C=O) groups is 1. The number of nitrogens with one attached hydrogen (secondary N) is 2. The van der Waals surface area contributed by atoms with Crippen molar-refractivity contribution in [2.45, 2.75) is 62.4 Å². The number of nitriles is 1. The maximum Gasteiger partial charge on any atom is 0.250 e. The SMILES string of the molecule is N#CNC1C[C@@]12CCN(C(=O)C1NC(C3CCCCC3)CS1)C2. The van der Waals surface area contributed by atoms with Crippen molar-refractivity contribution in [2.24, 2.45) is 11.3 Å². The highest BCUT2D eigenvalue weighted by Crippen LogP contribution is 2.53. The van der Waals surface area contributed by atoms with Crippen molar-refractivity contribution in [3.63, 3.8) is 0 Å². The van der Waals surface area contributed by atoms with E-state index in [4.69, 9.17) is 5.26 Å². The van der Waals surface area contributed by atoms with Gasteiger partial charge in [-0.25, -0.2) is 0 Å². The standard InChI is InChI=1S/C17H26N4OS/c18-11-19-14-8-17(14)6-7-21(10-17)16(22)15-20-13(9-23-15)12-4-2-1-3-5-12/h12-15,19-20H,1-10H2/t13?,14?,15?,17-/m1/s1.